The molecule has 0 aliphatic heterocycles. The van der Waals surface area contributed by atoms with Gasteiger partial charge in [-0.05, 0) is 24.1 Å². The lowest BCUT2D eigenvalue weighted by atomic mass is 10.1. The lowest BCUT2D eigenvalue weighted by Gasteiger charge is -2.38. The van der Waals surface area contributed by atoms with Crippen LogP contribution < -0.4 is 21.5 Å². The molecule has 0 aliphatic carbocycles. The van der Waals surface area contributed by atoms with Gasteiger partial charge < -0.3 is 36.2 Å². The number of quaternary nitrogens is 1. The maximum atomic E-state index is 12.7. The van der Waals surface area contributed by atoms with Gasteiger partial charge in [0, 0.05) is 12.8 Å². The van der Waals surface area contributed by atoms with E-state index in [4.69, 9.17) is 32.9 Å². The van der Waals surface area contributed by atoms with Crippen molar-refractivity contribution in [2.45, 2.75) is 44.8 Å². The monoisotopic (exact) mass is 509 g/mol. The van der Waals surface area contributed by atoms with Crippen LogP contribution in [0.1, 0.15) is 42.2 Å². The van der Waals surface area contributed by atoms with Crippen LogP contribution in [0, 0.1) is 0 Å². The van der Waals surface area contributed by atoms with Crippen molar-refractivity contribution in [3.63, 3.8) is 0 Å². The third-order valence-electron chi connectivity index (χ3n) is 6.00. The number of aryl methyl sites for hydroxylation is 1. The van der Waals surface area contributed by atoms with Gasteiger partial charge in [0.05, 0.1) is 33.8 Å². The number of benzene rings is 1. The minimum atomic E-state index is -0.884. The molecule has 1 unspecified atom stereocenters. The Bertz CT molecular complexity index is 958. The van der Waals surface area contributed by atoms with Gasteiger partial charge in [-0.25, -0.2) is 9.97 Å². The molecule has 1 amide bonds. The van der Waals surface area contributed by atoms with E-state index in [-0.39, 0.29) is 41.7 Å². The van der Waals surface area contributed by atoms with Gasteiger partial charge in [-0.1, -0.05) is 37.1 Å². The Kier molecular flexibility index (Phi) is 11.0. The van der Waals surface area contributed by atoms with E-state index in [0.29, 0.717) is 12.3 Å². The summed E-state index contributed by atoms with van der Waals surface area (Å²) in [6, 6.07) is 7.96. The molecule has 35 heavy (non-hydrogen) atoms. The maximum absolute atomic E-state index is 12.7. The number of aliphatic hydroxyl groups excluding tert-OH is 2. The summed E-state index contributed by atoms with van der Waals surface area (Å²) < 4.78 is 6.20. The summed E-state index contributed by atoms with van der Waals surface area (Å²) >= 11 is 5.90. The number of likely N-dealkylation sites (N-methyl/N-ethyl adjacent to an activating group) is 1. The number of rotatable bonds is 14. The number of nitrogens with one attached hydrogen (secondary N) is 1. The van der Waals surface area contributed by atoms with E-state index in [9.17, 15) is 9.90 Å². The Morgan fingerprint density at radius 2 is 1.89 bits per heavy atom. The SMILES string of the molecule is CCC[C@@H](CNC(=O)c1nc(Cl)c(N)nc1N)[N+](C)(C)CCCc1ccc(OCC(O)CO)cc1. The average molecular weight is 510 g/mol. The van der Waals surface area contributed by atoms with Crippen molar-refractivity contribution in [1.82, 2.24) is 15.3 Å². The number of carbonyl (C=O) groups excluding carboxylic acids is 1. The van der Waals surface area contributed by atoms with Crippen LogP contribution in [0.5, 0.6) is 5.75 Å². The summed E-state index contributed by atoms with van der Waals surface area (Å²) in [6.07, 6.45) is 2.93. The number of nitrogens with zero attached hydrogens (tertiary/aromatic N) is 3. The number of ether oxygens (including phenoxy) is 1. The maximum Gasteiger partial charge on any atom is 0.274 e. The number of carbonyl (C=O) groups is 1. The van der Waals surface area contributed by atoms with Crippen molar-refractivity contribution < 1.29 is 24.2 Å². The van der Waals surface area contributed by atoms with Gasteiger partial charge in [-0.3, -0.25) is 4.79 Å². The highest BCUT2D eigenvalue weighted by atomic mass is 35.5. The molecule has 0 saturated heterocycles. The van der Waals surface area contributed by atoms with Crippen molar-refractivity contribution in [2.75, 3.05) is 51.9 Å². The van der Waals surface area contributed by atoms with Gasteiger partial charge in [0.25, 0.3) is 5.91 Å². The molecule has 2 rings (SSSR count). The smallest absolute Gasteiger partial charge is 0.274 e. The van der Waals surface area contributed by atoms with Crippen LogP contribution in [-0.4, -0.2) is 83.1 Å². The van der Waals surface area contributed by atoms with E-state index >= 15 is 0 Å². The molecule has 2 atom stereocenters. The second-order valence-electron chi connectivity index (χ2n) is 9.18. The van der Waals surface area contributed by atoms with E-state index in [1.54, 1.807) is 0 Å². The average Bonchev–Trinajstić information content (AvgIpc) is 2.82. The number of nitrogen functional groups attached to an aromatic ring is 2. The zero-order chi connectivity index (χ0) is 26.0. The Labute approximate surface area is 211 Å². The number of amides is 1. The fraction of sp³-hybridized carbons (Fsp3) is 0.542. The fourth-order valence-corrected chi connectivity index (χ4v) is 3.93. The van der Waals surface area contributed by atoms with Gasteiger partial charge in [-0.2, -0.15) is 0 Å². The molecular weight excluding hydrogens is 472 g/mol. The van der Waals surface area contributed by atoms with Crippen LogP contribution in [0.3, 0.4) is 0 Å². The molecule has 0 radical (unpaired) electrons. The second kappa shape index (κ2) is 13.4. The first-order valence-corrected chi connectivity index (χ1v) is 12.1. The van der Waals surface area contributed by atoms with Gasteiger partial charge >= 0.3 is 0 Å². The number of aliphatic hydroxyl groups is 2. The Morgan fingerprint density at radius 1 is 1.20 bits per heavy atom. The molecule has 0 saturated carbocycles. The zero-order valence-electron chi connectivity index (χ0n) is 20.7. The third kappa shape index (κ3) is 8.81. The summed E-state index contributed by atoms with van der Waals surface area (Å²) in [4.78, 5) is 20.5. The highest BCUT2D eigenvalue weighted by Gasteiger charge is 2.28. The van der Waals surface area contributed by atoms with Gasteiger partial charge in [0.2, 0.25) is 0 Å². The van der Waals surface area contributed by atoms with Crippen LogP contribution >= 0.6 is 11.6 Å². The first-order valence-electron chi connectivity index (χ1n) is 11.8. The lowest BCUT2D eigenvalue weighted by molar-refractivity contribution is -0.914. The molecule has 11 heteroatoms. The summed E-state index contributed by atoms with van der Waals surface area (Å²) in [6.45, 7) is 3.25. The summed E-state index contributed by atoms with van der Waals surface area (Å²) in [5.41, 5.74) is 12.6. The van der Waals surface area contributed by atoms with Crippen LogP contribution in [0.15, 0.2) is 24.3 Å². The second-order valence-corrected chi connectivity index (χ2v) is 9.54. The van der Waals surface area contributed by atoms with E-state index < -0.39 is 12.0 Å². The molecule has 0 fully saturated rings. The minimum absolute atomic E-state index is 0.00922. The molecule has 0 spiro atoms. The van der Waals surface area contributed by atoms with Gasteiger partial charge in [-0.15, -0.1) is 0 Å². The predicted octanol–water partition coefficient (Wildman–Crippen LogP) is 1.63. The Balaban J connectivity index is 1.90. The topological polar surface area (TPSA) is 157 Å². The number of hydrogen-bond acceptors (Lipinski definition) is 8. The molecular formula is C24H38ClN6O4+. The van der Waals surface area contributed by atoms with E-state index in [2.05, 4.69) is 36.3 Å². The number of aromatic nitrogens is 2. The van der Waals surface area contributed by atoms with E-state index in [0.717, 1.165) is 36.7 Å². The molecule has 194 valence electrons. The summed E-state index contributed by atoms with van der Waals surface area (Å²) in [5, 5.41) is 21.1. The Morgan fingerprint density at radius 3 is 2.51 bits per heavy atom. The van der Waals surface area contributed by atoms with Crippen LogP contribution in [0.25, 0.3) is 0 Å². The van der Waals surface area contributed by atoms with Gasteiger partial charge in [0.15, 0.2) is 22.5 Å². The first kappa shape index (κ1) is 28.6. The lowest BCUT2D eigenvalue weighted by Crippen LogP contribution is -2.54. The molecule has 7 N–H and O–H groups in total. The van der Waals surface area contributed by atoms with Crippen molar-refractivity contribution in [3.8, 4) is 5.75 Å². The fourth-order valence-electron chi connectivity index (χ4n) is 3.81. The highest BCUT2D eigenvalue weighted by Crippen LogP contribution is 2.19. The van der Waals surface area contributed by atoms with Gasteiger partial charge in [0.1, 0.15) is 24.5 Å². The molecule has 0 bridgehead atoms. The predicted molar refractivity (Wildman–Crippen MR) is 137 cm³/mol. The van der Waals surface area contributed by atoms with E-state index in [1.807, 2.05) is 24.3 Å². The molecule has 0 aliphatic rings. The molecule has 1 aromatic carbocycles. The number of nitrogens with two attached hydrogens (primary N) is 2. The van der Waals surface area contributed by atoms with Crippen LogP contribution in [0.2, 0.25) is 5.15 Å². The van der Waals surface area contributed by atoms with Crippen LogP contribution in [-0.2, 0) is 6.42 Å². The normalized spacial score (nSPS) is 13.3. The molecule has 10 nitrogen and oxygen atoms in total. The van der Waals surface area contributed by atoms with Crippen molar-refractivity contribution in [1.29, 1.82) is 0 Å². The standard InChI is InChI=1S/C24H37ClN6O4/c1-4-6-17(13-28-24(34)20-22(26)30-23(27)21(25)29-20)31(2,3)12-5-7-16-8-10-19(11-9-16)35-15-18(33)14-32/h8-11,17-18,32-33H,4-7,12-15H2,1-3H3,(H4-,26,27,28,30,34)/p+1/t17-,18?/m0/s1. The largest absolute Gasteiger partial charge is 0.491 e. The molecule has 1 aromatic heterocycles. The highest BCUT2D eigenvalue weighted by molar-refractivity contribution is 6.31. The Hall–Kier alpha value is -2.66. The van der Waals surface area contributed by atoms with Crippen LogP contribution in [0.4, 0.5) is 11.6 Å². The molecule has 1 heterocycles. The van der Waals surface area contributed by atoms with Crippen molar-refractivity contribution in [2.24, 2.45) is 0 Å². The number of halogens is 1. The molecule has 2 aromatic rings. The van der Waals surface area contributed by atoms with Crippen molar-refractivity contribution in [3.05, 3.63) is 40.7 Å². The first-order chi connectivity index (χ1) is 16.6. The minimum Gasteiger partial charge on any atom is -0.491 e. The third-order valence-corrected chi connectivity index (χ3v) is 6.28. The number of anilines is 2. The number of hydrogen-bond donors (Lipinski definition) is 5. The summed E-state index contributed by atoms with van der Waals surface area (Å²) in [7, 11) is 4.34. The summed E-state index contributed by atoms with van der Waals surface area (Å²) in [5.74, 6) is 0.173. The van der Waals surface area contributed by atoms with Crippen molar-refractivity contribution >= 4 is 29.1 Å². The quantitative estimate of drug-likeness (QED) is 0.240. The zero-order valence-corrected chi connectivity index (χ0v) is 21.5. The van der Waals surface area contributed by atoms with E-state index in [1.165, 1.54) is 5.56 Å².